The van der Waals surface area contributed by atoms with Crippen LogP contribution in [0.2, 0.25) is 0 Å². The van der Waals surface area contributed by atoms with Crippen molar-refractivity contribution in [2.24, 2.45) is 5.41 Å². The van der Waals surface area contributed by atoms with Crippen LogP contribution in [0, 0.1) is 5.41 Å². The minimum Gasteiger partial charge on any atom is -0.454 e. The van der Waals surface area contributed by atoms with Crippen LogP contribution in [0.25, 0.3) is 0 Å². The monoisotopic (exact) mass is 351 g/mol. The second-order valence-corrected chi connectivity index (χ2v) is 7.77. The fourth-order valence-corrected chi connectivity index (χ4v) is 2.55. The normalized spacial score (nSPS) is 11.2. The van der Waals surface area contributed by atoms with Gasteiger partial charge in [-0.3, -0.25) is 9.59 Å². The lowest BCUT2D eigenvalue weighted by Crippen LogP contribution is -2.31. The van der Waals surface area contributed by atoms with Gasteiger partial charge in [0.25, 0.3) is 0 Å². The first-order valence-corrected chi connectivity index (χ1v) is 8.81. The van der Waals surface area contributed by atoms with E-state index >= 15 is 0 Å². The Hall–Kier alpha value is -1.82. The number of hydrogen-bond acceptors (Lipinski definition) is 5. The van der Waals surface area contributed by atoms with Gasteiger partial charge < -0.3 is 10.1 Å². The Morgan fingerprint density at radius 2 is 1.79 bits per heavy atom. The molecule has 1 aromatic rings. The summed E-state index contributed by atoms with van der Waals surface area (Å²) in [5.41, 5.74) is -0.190. The fraction of sp³-hybridized carbons (Fsp3) is 0.500. The first-order valence-electron chi connectivity index (χ1n) is 7.83. The molecule has 0 saturated heterocycles. The Morgan fingerprint density at radius 1 is 1.17 bits per heavy atom. The van der Waals surface area contributed by atoms with Crippen LogP contribution in [-0.4, -0.2) is 36.1 Å². The minimum atomic E-state index is -0.556. The first kappa shape index (κ1) is 20.2. The number of ether oxygens (including phenoxy) is 1. The van der Waals surface area contributed by atoms with Crippen LogP contribution in [0.4, 0.5) is 0 Å². The van der Waals surface area contributed by atoms with Crippen molar-refractivity contribution in [3.63, 3.8) is 0 Å². The quantitative estimate of drug-likeness (QED) is 0.604. The molecule has 0 aliphatic rings. The van der Waals surface area contributed by atoms with Crippen LogP contribution >= 0.6 is 11.8 Å². The van der Waals surface area contributed by atoms with E-state index in [1.54, 1.807) is 45.0 Å². The minimum absolute atomic E-state index is 0.0710. The predicted molar refractivity (Wildman–Crippen MR) is 95.2 cm³/mol. The highest BCUT2D eigenvalue weighted by molar-refractivity contribution is 8.00. The Labute approximate surface area is 147 Å². The zero-order valence-electron chi connectivity index (χ0n) is 14.8. The van der Waals surface area contributed by atoms with Crippen molar-refractivity contribution in [3.8, 4) is 0 Å². The molecule has 0 fully saturated rings. The molecular weight excluding hydrogens is 326 g/mol. The van der Waals surface area contributed by atoms with Crippen molar-refractivity contribution >= 4 is 29.4 Å². The number of nitrogens with one attached hydrogen (secondary N) is 1. The van der Waals surface area contributed by atoms with Crippen LogP contribution in [-0.2, 0) is 14.3 Å². The SMILES string of the molecule is CC(C)NC(=O)CSc1ccccc1C(=O)OCC(=O)C(C)(C)C. The van der Waals surface area contributed by atoms with Crippen molar-refractivity contribution in [1.29, 1.82) is 0 Å². The molecule has 0 atom stereocenters. The molecule has 5 nitrogen and oxygen atoms in total. The Morgan fingerprint density at radius 3 is 2.38 bits per heavy atom. The van der Waals surface area contributed by atoms with Crippen LogP contribution < -0.4 is 5.32 Å². The largest absolute Gasteiger partial charge is 0.454 e. The summed E-state index contributed by atoms with van der Waals surface area (Å²) < 4.78 is 5.13. The lowest BCUT2D eigenvalue weighted by Gasteiger charge is -2.16. The molecule has 132 valence electrons. The van der Waals surface area contributed by atoms with Crippen LogP contribution in [0.3, 0.4) is 0 Å². The molecule has 0 aromatic heterocycles. The number of carbonyl (C=O) groups is 3. The van der Waals surface area contributed by atoms with E-state index in [9.17, 15) is 14.4 Å². The van der Waals surface area contributed by atoms with Crippen molar-refractivity contribution in [2.75, 3.05) is 12.4 Å². The Bertz CT molecular complexity index is 605. The molecular formula is C18H25NO4S. The molecule has 0 aliphatic carbocycles. The molecule has 1 rings (SSSR count). The van der Waals surface area contributed by atoms with Gasteiger partial charge in [-0.25, -0.2) is 4.79 Å². The maximum atomic E-state index is 12.2. The van der Waals surface area contributed by atoms with E-state index in [-0.39, 0.29) is 30.1 Å². The van der Waals surface area contributed by atoms with Gasteiger partial charge in [0.1, 0.15) is 0 Å². The molecule has 0 spiro atoms. The lowest BCUT2D eigenvalue weighted by molar-refractivity contribution is -0.129. The number of benzene rings is 1. The van der Waals surface area contributed by atoms with E-state index in [1.807, 2.05) is 13.8 Å². The van der Waals surface area contributed by atoms with Gasteiger partial charge in [0.2, 0.25) is 5.91 Å². The molecule has 0 heterocycles. The standard InChI is InChI=1S/C18H25NO4S/c1-12(2)19-16(21)11-24-14-9-7-6-8-13(14)17(22)23-10-15(20)18(3,4)5/h6-9,12H,10-11H2,1-5H3,(H,19,21). The maximum absolute atomic E-state index is 12.2. The number of amides is 1. The highest BCUT2D eigenvalue weighted by Gasteiger charge is 2.23. The molecule has 0 radical (unpaired) electrons. The summed E-state index contributed by atoms with van der Waals surface area (Å²) in [6.45, 7) is 8.86. The summed E-state index contributed by atoms with van der Waals surface area (Å²) in [7, 11) is 0. The molecule has 0 saturated carbocycles. The van der Waals surface area contributed by atoms with Crippen molar-refractivity contribution in [3.05, 3.63) is 29.8 Å². The molecule has 6 heteroatoms. The molecule has 1 amide bonds. The summed E-state index contributed by atoms with van der Waals surface area (Å²) in [6, 6.07) is 6.98. The van der Waals surface area contributed by atoms with Crippen molar-refractivity contribution < 1.29 is 19.1 Å². The Kier molecular flexibility index (Phi) is 7.48. The van der Waals surface area contributed by atoms with E-state index < -0.39 is 11.4 Å². The van der Waals surface area contributed by atoms with Gasteiger partial charge >= 0.3 is 5.97 Å². The fourth-order valence-electron chi connectivity index (χ4n) is 1.69. The summed E-state index contributed by atoms with van der Waals surface area (Å²) in [5, 5.41) is 2.80. The first-order chi connectivity index (χ1) is 11.1. The van der Waals surface area contributed by atoms with Crippen LogP contribution in [0.5, 0.6) is 0 Å². The third kappa shape index (κ3) is 6.74. The van der Waals surface area contributed by atoms with E-state index in [0.717, 1.165) is 0 Å². The number of ketones is 1. The molecule has 1 N–H and O–H groups in total. The smallest absolute Gasteiger partial charge is 0.339 e. The van der Waals surface area contributed by atoms with Gasteiger partial charge in [0.15, 0.2) is 12.4 Å². The van der Waals surface area contributed by atoms with Crippen molar-refractivity contribution in [2.45, 2.75) is 45.6 Å². The zero-order valence-corrected chi connectivity index (χ0v) is 15.7. The van der Waals surface area contributed by atoms with Crippen LogP contribution in [0.15, 0.2) is 29.2 Å². The van der Waals surface area contributed by atoms with Gasteiger partial charge in [-0.05, 0) is 26.0 Å². The van der Waals surface area contributed by atoms with Gasteiger partial charge in [-0.2, -0.15) is 0 Å². The molecule has 0 aliphatic heterocycles. The summed E-state index contributed by atoms with van der Waals surface area (Å²) in [5.74, 6) is -0.581. The molecule has 24 heavy (non-hydrogen) atoms. The topological polar surface area (TPSA) is 72.5 Å². The summed E-state index contributed by atoms with van der Waals surface area (Å²) >= 11 is 1.27. The van der Waals surface area contributed by atoms with E-state index in [0.29, 0.717) is 10.5 Å². The highest BCUT2D eigenvalue weighted by Crippen LogP contribution is 2.23. The third-order valence-corrected chi connectivity index (χ3v) is 4.16. The van der Waals surface area contributed by atoms with Gasteiger partial charge in [-0.1, -0.05) is 32.9 Å². The zero-order chi connectivity index (χ0) is 18.3. The van der Waals surface area contributed by atoms with E-state index in [1.165, 1.54) is 11.8 Å². The summed E-state index contributed by atoms with van der Waals surface area (Å²) in [4.78, 5) is 36.5. The molecule has 0 bridgehead atoms. The lowest BCUT2D eigenvalue weighted by atomic mass is 9.91. The van der Waals surface area contributed by atoms with Gasteiger partial charge in [0.05, 0.1) is 11.3 Å². The average Bonchev–Trinajstić information content (AvgIpc) is 2.48. The second kappa shape index (κ2) is 8.87. The molecule has 0 unspecified atom stereocenters. The second-order valence-electron chi connectivity index (χ2n) is 6.76. The van der Waals surface area contributed by atoms with Crippen molar-refractivity contribution in [1.82, 2.24) is 5.32 Å². The third-order valence-electron chi connectivity index (χ3n) is 3.09. The van der Waals surface area contributed by atoms with E-state index in [2.05, 4.69) is 5.32 Å². The van der Waals surface area contributed by atoms with Gasteiger partial charge in [0, 0.05) is 16.4 Å². The summed E-state index contributed by atoms with van der Waals surface area (Å²) in [6.07, 6.45) is 0. The average molecular weight is 351 g/mol. The Balaban J connectivity index is 2.70. The number of Topliss-reactive ketones (excluding diaryl/α,β-unsaturated/α-hetero) is 1. The predicted octanol–water partition coefficient (Wildman–Crippen LogP) is 3.08. The number of esters is 1. The van der Waals surface area contributed by atoms with Crippen LogP contribution in [0.1, 0.15) is 45.0 Å². The number of thioether (sulfide) groups is 1. The maximum Gasteiger partial charge on any atom is 0.339 e. The number of hydrogen-bond donors (Lipinski definition) is 1. The number of carbonyl (C=O) groups excluding carboxylic acids is 3. The van der Waals surface area contributed by atoms with Gasteiger partial charge in [-0.15, -0.1) is 11.8 Å². The van der Waals surface area contributed by atoms with E-state index in [4.69, 9.17) is 4.74 Å². The highest BCUT2D eigenvalue weighted by atomic mass is 32.2. The number of rotatable bonds is 7. The molecule has 1 aromatic carbocycles.